The fourth-order valence-corrected chi connectivity index (χ4v) is 1.15. The fourth-order valence-electron chi connectivity index (χ4n) is 1.15. The van der Waals surface area contributed by atoms with Gasteiger partial charge in [0.2, 0.25) is 0 Å². The first-order chi connectivity index (χ1) is 4.74. The molecule has 0 saturated heterocycles. The predicted molar refractivity (Wildman–Crippen MR) is 34.6 cm³/mol. The number of hydrogen-bond acceptors (Lipinski definition) is 2. The molecule has 0 aromatic heterocycles. The molecule has 0 heterocycles. The van der Waals surface area contributed by atoms with Gasteiger partial charge in [-0.05, 0) is 6.42 Å². The van der Waals surface area contributed by atoms with Gasteiger partial charge < -0.3 is 4.74 Å². The highest BCUT2D eigenvalue weighted by molar-refractivity contribution is 5.83. The summed E-state index contributed by atoms with van der Waals surface area (Å²) in [7, 11) is 1.55. The molecule has 0 amide bonds. The second-order valence-electron chi connectivity index (χ2n) is 2.57. The zero-order valence-electron chi connectivity index (χ0n) is 5.97. The minimum absolute atomic E-state index is 0.0484. The van der Waals surface area contributed by atoms with Gasteiger partial charge in [0.1, 0.15) is 0 Å². The highest BCUT2D eigenvalue weighted by Gasteiger charge is 2.27. The van der Waals surface area contributed by atoms with Crippen molar-refractivity contribution in [1.29, 1.82) is 0 Å². The third kappa shape index (κ3) is 1.53. The van der Waals surface area contributed by atoms with Crippen molar-refractivity contribution >= 4 is 5.78 Å². The van der Waals surface area contributed by atoms with E-state index in [2.05, 4.69) is 0 Å². The molecule has 2 unspecified atom stereocenters. The minimum Gasteiger partial charge on any atom is -0.381 e. The second-order valence-corrected chi connectivity index (χ2v) is 2.57. The number of Topliss-reactive ketones (excluding diaryl/α,β-unsaturated/α-hetero) is 1. The number of halogens is 1. The average molecular weight is 146 g/mol. The van der Waals surface area contributed by atoms with Crippen LogP contribution in [0.15, 0.2) is 0 Å². The van der Waals surface area contributed by atoms with Gasteiger partial charge in [-0.2, -0.15) is 0 Å². The maximum atomic E-state index is 12.6. The zero-order valence-corrected chi connectivity index (χ0v) is 5.97. The molecule has 1 aliphatic carbocycles. The Hall–Kier alpha value is -0.440. The molecule has 58 valence electrons. The van der Waals surface area contributed by atoms with Gasteiger partial charge >= 0.3 is 0 Å². The molecule has 10 heavy (non-hydrogen) atoms. The smallest absolute Gasteiger partial charge is 0.167 e. The van der Waals surface area contributed by atoms with Crippen LogP contribution in [0.3, 0.4) is 0 Å². The summed E-state index contributed by atoms with van der Waals surface area (Å²) in [5.41, 5.74) is 0. The first kappa shape index (κ1) is 7.66. The van der Waals surface area contributed by atoms with Gasteiger partial charge in [-0.15, -0.1) is 0 Å². The molecule has 0 N–H and O–H groups in total. The molecule has 0 bridgehead atoms. The Kier molecular flexibility index (Phi) is 2.38. The molecule has 3 heteroatoms. The summed E-state index contributed by atoms with van der Waals surface area (Å²) in [5.74, 6) is -0.270. The molecule has 1 rings (SSSR count). The second kappa shape index (κ2) is 3.10. The van der Waals surface area contributed by atoms with E-state index in [9.17, 15) is 9.18 Å². The molecule has 0 radical (unpaired) electrons. The van der Waals surface area contributed by atoms with Crippen LogP contribution in [0.4, 0.5) is 4.39 Å². The highest BCUT2D eigenvalue weighted by Crippen LogP contribution is 2.19. The lowest BCUT2D eigenvalue weighted by Crippen LogP contribution is -2.30. The van der Waals surface area contributed by atoms with Crippen molar-refractivity contribution < 1.29 is 13.9 Å². The van der Waals surface area contributed by atoms with Crippen LogP contribution in [-0.2, 0) is 9.53 Å². The standard InChI is InChI=1S/C7H11FO2/c1-10-5-2-3-7(9)6(8)4-5/h5-6H,2-4H2,1H3. The van der Waals surface area contributed by atoms with Crippen molar-refractivity contribution in [3.05, 3.63) is 0 Å². The molecular formula is C7H11FO2. The Morgan fingerprint density at radius 3 is 2.90 bits per heavy atom. The van der Waals surface area contributed by atoms with Gasteiger partial charge in [-0.1, -0.05) is 0 Å². The molecule has 2 atom stereocenters. The Morgan fingerprint density at radius 1 is 1.70 bits per heavy atom. The quantitative estimate of drug-likeness (QED) is 0.553. The van der Waals surface area contributed by atoms with Gasteiger partial charge in [-0.25, -0.2) is 4.39 Å². The number of carbonyl (C=O) groups excluding carboxylic acids is 1. The molecule has 0 spiro atoms. The maximum Gasteiger partial charge on any atom is 0.167 e. The monoisotopic (exact) mass is 146 g/mol. The molecule has 0 aromatic carbocycles. The van der Waals surface area contributed by atoms with Gasteiger partial charge in [0, 0.05) is 20.0 Å². The van der Waals surface area contributed by atoms with Crippen molar-refractivity contribution in [2.24, 2.45) is 0 Å². The van der Waals surface area contributed by atoms with Crippen molar-refractivity contribution in [3.8, 4) is 0 Å². The number of rotatable bonds is 1. The van der Waals surface area contributed by atoms with Crippen molar-refractivity contribution in [3.63, 3.8) is 0 Å². The topological polar surface area (TPSA) is 26.3 Å². The predicted octanol–water partition coefficient (Wildman–Crippen LogP) is 1.09. The summed E-state index contributed by atoms with van der Waals surface area (Å²) in [6.45, 7) is 0. The number of ether oxygens (including phenoxy) is 1. The van der Waals surface area contributed by atoms with E-state index in [4.69, 9.17) is 4.74 Å². The van der Waals surface area contributed by atoms with E-state index in [-0.39, 0.29) is 18.3 Å². The van der Waals surface area contributed by atoms with Crippen LogP contribution in [0, 0.1) is 0 Å². The highest BCUT2D eigenvalue weighted by atomic mass is 19.1. The van der Waals surface area contributed by atoms with Gasteiger partial charge in [0.15, 0.2) is 12.0 Å². The normalized spacial score (nSPS) is 34.4. The Morgan fingerprint density at radius 2 is 2.40 bits per heavy atom. The molecular weight excluding hydrogens is 135 g/mol. The summed E-state index contributed by atoms with van der Waals surface area (Å²) < 4.78 is 17.5. The first-order valence-electron chi connectivity index (χ1n) is 3.43. The molecule has 1 aliphatic rings. The van der Waals surface area contributed by atoms with E-state index in [1.54, 1.807) is 7.11 Å². The number of ketones is 1. The van der Waals surface area contributed by atoms with Gasteiger partial charge in [0.05, 0.1) is 6.10 Å². The largest absolute Gasteiger partial charge is 0.381 e. The zero-order chi connectivity index (χ0) is 7.56. The summed E-state index contributed by atoms with van der Waals surface area (Å²) in [4.78, 5) is 10.6. The van der Waals surface area contributed by atoms with Crippen molar-refractivity contribution in [2.45, 2.75) is 31.5 Å². The Balaban J connectivity index is 2.40. The van der Waals surface area contributed by atoms with Crippen LogP contribution in [-0.4, -0.2) is 25.2 Å². The maximum absolute atomic E-state index is 12.6. The van der Waals surface area contributed by atoms with E-state index in [0.717, 1.165) is 0 Å². The molecule has 2 nitrogen and oxygen atoms in total. The molecule has 1 saturated carbocycles. The van der Waals surface area contributed by atoms with Crippen LogP contribution < -0.4 is 0 Å². The number of hydrogen-bond donors (Lipinski definition) is 0. The molecule has 0 aliphatic heterocycles. The number of alkyl halides is 1. The minimum atomic E-state index is -1.28. The summed E-state index contributed by atoms with van der Waals surface area (Å²) in [5, 5.41) is 0. The lowest BCUT2D eigenvalue weighted by atomic mass is 9.95. The van der Waals surface area contributed by atoms with E-state index in [1.165, 1.54) is 0 Å². The van der Waals surface area contributed by atoms with Crippen molar-refractivity contribution in [2.75, 3.05) is 7.11 Å². The van der Waals surface area contributed by atoms with Gasteiger partial charge in [-0.3, -0.25) is 4.79 Å². The third-order valence-electron chi connectivity index (χ3n) is 1.87. The Labute approximate surface area is 59.4 Å². The van der Waals surface area contributed by atoms with Crippen LogP contribution in [0.2, 0.25) is 0 Å². The molecule has 0 aromatic rings. The van der Waals surface area contributed by atoms with Crippen LogP contribution in [0.5, 0.6) is 0 Å². The SMILES string of the molecule is COC1CCC(=O)C(F)C1. The van der Waals surface area contributed by atoms with Crippen LogP contribution >= 0.6 is 0 Å². The lowest BCUT2D eigenvalue weighted by molar-refractivity contribution is -0.128. The molecule has 1 fully saturated rings. The average Bonchev–Trinajstić information content (AvgIpc) is 1.95. The third-order valence-corrected chi connectivity index (χ3v) is 1.87. The van der Waals surface area contributed by atoms with Crippen LogP contribution in [0.1, 0.15) is 19.3 Å². The summed E-state index contributed by atoms with van der Waals surface area (Å²) in [6, 6.07) is 0. The van der Waals surface area contributed by atoms with E-state index in [0.29, 0.717) is 12.8 Å². The van der Waals surface area contributed by atoms with E-state index >= 15 is 0 Å². The fraction of sp³-hybridized carbons (Fsp3) is 0.857. The van der Waals surface area contributed by atoms with Crippen LogP contribution in [0.25, 0.3) is 0 Å². The van der Waals surface area contributed by atoms with E-state index in [1.807, 2.05) is 0 Å². The summed E-state index contributed by atoms with van der Waals surface area (Å²) in [6.07, 6.45) is -0.0727. The van der Waals surface area contributed by atoms with Crippen molar-refractivity contribution in [1.82, 2.24) is 0 Å². The number of methoxy groups -OCH3 is 1. The lowest BCUT2D eigenvalue weighted by Gasteiger charge is -2.21. The van der Waals surface area contributed by atoms with E-state index < -0.39 is 6.17 Å². The van der Waals surface area contributed by atoms with Gasteiger partial charge in [0.25, 0.3) is 0 Å². The Bertz CT molecular complexity index is 136. The summed E-state index contributed by atoms with van der Waals surface area (Å²) >= 11 is 0. The first-order valence-corrected chi connectivity index (χ1v) is 3.43. The number of carbonyl (C=O) groups is 1.